The van der Waals surface area contributed by atoms with E-state index in [1.54, 1.807) is 19.1 Å². The summed E-state index contributed by atoms with van der Waals surface area (Å²) in [6, 6.07) is 3.47. The van der Waals surface area contributed by atoms with Crippen LogP contribution < -0.4 is 10.6 Å². The fourth-order valence-corrected chi connectivity index (χ4v) is 2.40. The number of nitrogens with one attached hydrogen (secondary N) is 2. The zero-order chi connectivity index (χ0) is 14.5. The minimum Gasteiger partial charge on any atom is -0.454 e. The summed E-state index contributed by atoms with van der Waals surface area (Å²) >= 11 is 5.85. The summed E-state index contributed by atoms with van der Waals surface area (Å²) in [6.45, 7) is 1.72. The van der Waals surface area contributed by atoms with Gasteiger partial charge in [-0.1, -0.05) is 12.8 Å². The van der Waals surface area contributed by atoms with Crippen LogP contribution in [0.4, 0.5) is 0 Å². The Labute approximate surface area is 123 Å². The van der Waals surface area contributed by atoms with Crippen molar-refractivity contribution in [2.45, 2.75) is 44.0 Å². The van der Waals surface area contributed by atoms with E-state index in [9.17, 15) is 9.59 Å². The molecule has 2 amide bonds. The van der Waals surface area contributed by atoms with Gasteiger partial charge in [0.25, 0.3) is 5.91 Å². The van der Waals surface area contributed by atoms with E-state index in [1.165, 1.54) is 0 Å². The normalized spacial score (nSPS) is 16.9. The highest BCUT2D eigenvalue weighted by molar-refractivity contribution is 6.20. The molecular weight excluding hydrogens is 280 g/mol. The summed E-state index contributed by atoms with van der Waals surface area (Å²) in [5.41, 5.74) is 0. The molecule has 0 aromatic carbocycles. The van der Waals surface area contributed by atoms with Crippen LogP contribution in [0.5, 0.6) is 0 Å². The smallest absolute Gasteiger partial charge is 0.287 e. The molecule has 0 radical (unpaired) electrons. The zero-order valence-electron chi connectivity index (χ0n) is 11.4. The second-order valence-corrected chi connectivity index (χ2v) is 5.70. The summed E-state index contributed by atoms with van der Waals surface area (Å²) in [5.74, 6) is 0.131. The number of rotatable bonds is 5. The molecule has 1 fully saturated rings. The standard InChI is InChI=1S/C14H19ClN2O3/c1-9(15)11-6-7-12(20-11)14(19)16-8-13(18)17-10-4-2-3-5-10/h6-7,9-10H,2-5,8H2,1H3,(H,16,19)(H,17,18). The Morgan fingerprint density at radius 3 is 2.70 bits per heavy atom. The summed E-state index contributed by atoms with van der Waals surface area (Å²) in [6.07, 6.45) is 4.36. The predicted octanol–water partition coefficient (Wildman–Crippen LogP) is 2.37. The molecule has 1 heterocycles. The second kappa shape index (κ2) is 6.79. The molecule has 0 spiro atoms. The first-order chi connectivity index (χ1) is 9.56. The maximum absolute atomic E-state index is 11.8. The van der Waals surface area contributed by atoms with Gasteiger partial charge in [-0.15, -0.1) is 11.6 Å². The van der Waals surface area contributed by atoms with E-state index in [-0.39, 0.29) is 29.6 Å². The lowest BCUT2D eigenvalue weighted by molar-refractivity contribution is -0.120. The fourth-order valence-electron chi connectivity index (χ4n) is 2.29. The highest BCUT2D eigenvalue weighted by atomic mass is 35.5. The van der Waals surface area contributed by atoms with Crippen LogP contribution in [0.2, 0.25) is 0 Å². The van der Waals surface area contributed by atoms with Crippen molar-refractivity contribution >= 4 is 23.4 Å². The van der Waals surface area contributed by atoms with Crippen LogP contribution in [-0.2, 0) is 4.79 Å². The largest absolute Gasteiger partial charge is 0.454 e. The number of halogens is 1. The van der Waals surface area contributed by atoms with E-state index in [2.05, 4.69) is 10.6 Å². The van der Waals surface area contributed by atoms with Gasteiger partial charge in [-0.2, -0.15) is 0 Å². The SMILES string of the molecule is CC(Cl)c1ccc(C(=O)NCC(=O)NC2CCCC2)o1. The predicted molar refractivity (Wildman–Crippen MR) is 75.7 cm³/mol. The highest BCUT2D eigenvalue weighted by Crippen LogP contribution is 2.21. The third-order valence-electron chi connectivity index (χ3n) is 3.37. The first-order valence-electron chi connectivity index (χ1n) is 6.87. The molecule has 0 bridgehead atoms. The van der Waals surface area contributed by atoms with Gasteiger partial charge in [-0.3, -0.25) is 9.59 Å². The van der Waals surface area contributed by atoms with Crippen LogP contribution in [0.15, 0.2) is 16.5 Å². The molecule has 0 aliphatic heterocycles. The molecule has 20 heavy (non-hydrogen) atoms. The number of hydrogen-bond donors (Lipinski definition) is 2. The van der Waals surface area contributed by atoms with E-state index < -0.39 is 5.91 Å². The molecule has 1 aromatic heterocycles. The number of carbonyl (C=O) groups excluding carboxylic acids is 2. The van der Waals surface area contributed by atoms with Gasteiger partial charge in [0.1, 0.15) is 5.76 Å². The third kappa shape index (κ3) is 4.00. The van der Waals surface area contributed by atoms with Gasteiger partial charge in [-0.25, -0.2) is 0 Å². The average Bonchev–Trinajstić information content (AvgIpc) is 3.06. The lowest BCUT2D eigenvalue weighted by Crippen LogP contribution is -2.40. The lowest BCUT2D eigenvalue weighted by Gasteiger charge is -2.11. The Bertz CT molecular complexity index is 479. The summed E-state index contributed by atoms with van der Waals surface area (Å²) in [5, 5.41) is 5.15. The maximum atomic E-state index is 11.8. The summed E-state index contributed by atoms with van der Waals surface area (Å²) in [4.78, 5) is 23.5. The molecule has 1 atom stereocenters. The molecule has 2 N–H and O–H groups in total. The molecule has 2 rings (SSSR count). The molecule has 1 aliphatic rings. The first kappa shape index (κ1) is 14.9. The lowest BCUT2D eigenvalue weighted by atomic mass is 10.2. The number of hydrogen-bond acceptors (Lipinski definition) is 3. The van der Waals surface area contributed by atoms with Crippen molar-refractivity contribution in [1.29, 1.82) is 0 Å². The van der Waals surface area contributed by atoms with Crippen LogP contribution in [0.1, 0.15) is 54.3 Å². The minimum absolute atomic E-state index is 0.0399. The van der Waals surface area contributed by atoms with Gasteiger partial charge in [0.2, 0.25) is 5.91 Å². The second-order valence-electron chi connectivity index (χ2n) is 5.05. The van der Waals surface area contributed by atoms with Gasteiger partial charge in [0.15, 0.2) is 5.76 Å². The molecule has 5 nitrogen and oxygen atoms in total. The Balaban J connectivity index is 1.77. The van der Waals surface area contributed by atoms with E-state index >= 15 is 0 Å². The minimum atomic E-state index is -0.407. The van der Waals surface area contributed by atoms with Gasteiger partial charge in [0.05, 0.1) is 11.9 Å². The fraction of sp³-hybridized carbons (Fsp3) is 0.571. The van der Waals surface area contributed by atoms with Crippen LogP contribution >= 0.6 is 11.6 Å². The van der Waals surface area contributed by atoms with Crippen LogP contribution in [0.25, 0.3) is 0 Å². The van der Waals surface area contributed by atoms with E-state index in [1.807, 2.05) is 0 Å². The van der Waals surface area contributed by atoms with E-state index in [4.69, 9.17) is 16.0 Å². The third-order valence-corrected chi connectivity index (χ3v) is 3.59. The molecular formula is C14H19ClN2O3. The van der Waals surface area contributed by atoms with E-state index in [0.717, 1.165) is 25.7 Å². The maximum Gasteiger partial charge on any atom is 0.287 e. The van der Waals surface area contributed by atoms with Crippen LogP contribution in [-0.4, -0.2) is 24.4 Å². The van der Waals surface area contributed by atoms with Crippen molar-refractivity contribution in [1.82, 2.24) is 10.6 Å². The van der Waals surface area contributed by atoms with Gasteiger partial charge < -0.3 is 15.1 Å². The Kier molecular flexibility index (Phi) is 5.06. The van der Waals surface area contributed by atoms with Crippen LogP contribution in [0.3, 0.4) is 0 Å². The highest BCUT2D eigenvalue weighted by Gasteiger charge is 2.18. The first-order valence-corrected chi connectivity index (χ1v) is 7.31. The molecule has 1 aromatic rings. The molecule has 110 valence electrons. The van der Waals surface area contributed by atoms with E-state index in [0.29, 0.717) is 5.76 Å². The van der Waals surface area contributed by atoms with Crippen molar-refractivity contribution in [2.75, 3.05) is 6.54 Å². The number of alkyl halides is 1. The van der Waals surface area contributed by atoms with Crippen molar-refractivity contribution in [2.24, 2.45) is 0 Å². The Morgan fingerprint density at radius 1 is 1.40 bits per heavy atom. The van der Waals surface area contributed by atoms with Crippen molar-refractivity contribution < 1.29 is 14.0 Å². The van der Waals surface area contributed by atoms with Gasteiger partial charge in [0, 0.05) is 6.04 Å². The monoisotopic (exact) mass is 298 g/mol. The number of furan rings is 1. The Hall–Kier alpha value is -1.49. The van der Waals surface area contributed by atoms with Crippen molar-refractivity contribution in [3.63, 3.8) is 0 Å². The molecule has 1 unspecified atom stereocenters. The zero-order valence-corrected chi connectivity index (χ0v) is 12.2. The quantitative estimate of drug-likeness (QED) is 0.820. The Morgan fingerprint density at radius 2 is 2.10 bits per heavy atom. The molecule has 1 saturated carbocycles. The molecule has 6 heteroatoms. The summed E-state index contributed by atoms with van der Waals surface area (Å²) in [7, 11) is 0. The number of carbonyl (C=O) groups is 2. The number of amides is 2. The topological polar surface area (TPSA) is 71.3 Å². The van der Waals surface area contributed by atoms with Crippen LogP contribution in [0, 0.1) is 0 Å². The average molecular weight is 299 g/mol. The van der Waals surface area contributed by atoms with Gasteiger partial charge >= 0.3 is 0 Å². The van der Waals surface area contributed by atoms with Crippen molar-refractivity contribution in [3.05, 3.63) is 23.7 Å². The van der Waals surface area contributed by atoms with Gasteiger partial charge in [-0.05, 0) is 31.9 Å². The van der Waals surface area contributed by atoms with Crippen molar-refractivity contribution in [3.8, 4) is 0 Å². The molecule has 0 saturated heterocycles. The summed E-state index contributed by atoms with van der Waals surface area (Å²) < 4.78 is 5.30. The molecule has 1 aliphatic carbocycles.